The van der Waals surface area contributed by atoms with Gasteiger partial charge in [0.1, 0.15) is 0 Å². The summed E-state index contributed by atoms with van der Waals surface area (Å²) in [5.74, 6) is -0.122. The fraction of sp³-hybridized carbons (Fsp3) is 0.0714. The van der Waals surface area contributed by atoms with E-state index >= 15 is 0 Å². The summed E-state index contributed by atoms with van der Waals surface area (Å²) in [7, 11) is 0. The number of hydrogen-bond donors (Lipinski definition) is 2. The van der Waals surface area contributed by atoms with E-state index < -0.39 is 0 Å². The van der Waals surface area contributed by atoms with Crippen molar-refractivity contribution < 1.29 is 4.79 Å². The first-order valence-electron chi connectivity index (χ1n) is 5.50. The lowest BCUT2D eigenvalue weighted by Crippen LogP contribution is -2.13. The van der Waals surface area contributed by atoms with Gasteiger partial charge in [0.05, 0.1) is 5.56 Å². The largest absolute Gasteiger partial charge is 0.398 e. The fourth-order valence-corrected chi connectivity index (χ4v) is 2.19. The Labute approximate surface area is 120 Å². The Morgan fingerprint density at radius 3 is 2.61 bits per heavy atom. The lowest BCUT2D eigenvalue weighted by molar-refractivity contribution is 0.102. The maximum Gasteiger partial charge on any atom is 0.256 e. The average Bonchev–Trinajstić information content (AvgIpc) is 2.34. The normalized spacial score (nSPS) is 10.1. The molecule has 0 aliphatic heterocycles. The van der Waals surface area contributed by atoms with Crippen LogP contribution in [-0.2, 0) is 0 Å². The zero-order valence-electron chi connectivity index (χ0n) is 9.91. The molecule has 0 unspecified atom stereocenters. The summed E-state index contributed by atoms with van der Waals surface area (Å²) in [6.45, 7) is 1.93. The van der Waals surface area contributed by atoms with Crippen molar-refractivity contribution >= 4 is 39.9 Å². The van der Waals surface area contributed by atoms with Crippen molar-refractivity contribution in [1.82, 2.24) is 0 Å². The fourth-order valence-electron chi connectivity index (χ4n) is 1.56. The molecular weight excluding hydrogens is 339 g/mol. The second-order valence-electron chi connectivity index (χ2n) is 4.01. The van der Waals surface area contributed by atoms with Crippen LogP contribution in [0.2, 0.25) is 0 Å². The smallest absolute Gasteiger partial charge is 0.256 e. The highest BCUT2D eigenvalue weighted by molar-refractivity contribution is 14.1. The number of rotatable bonds is 2. The molecule has 0 fully saturated rings. The average molecular weight is 352 g/mol. The molecule has 0 aromatic heterocycles. The first-order valence-corrected chi connectivity index (χ1v) is 6.58. The Kier molecular flexibility index (Phi) is 3.86. The van der Waals surface area contributed by atoms with Gasteiger partial charge in [-0.25, -0.2) is 0 Å². The van der Waals surface area contributed by atoms with Gasteiger partial charge in [-0.15, -0.1) is 0 Å². The Hall–Kier alpha value is -1.56. The lowest BCUT2D eigenvalue weighted by atomic mass is 10.1. The quantitative estimate of drug-likeness (QED) is 0.643. The Balaban J connectivity index is 2.22. The molecule has 18 heavy (non-hydrogen) atoms. The van der Waals surface area contributed by atoms with Gasteiger partial charge in [0, 0.05) is 14.9 Å². The van der Waals surface area contributed by atoms with Gasteiger partial charge in [-0.1, -0.05) is 18.2 Å². The van der Waals surface area contributed by atoms with Gasteiger partial charge in [-0.2, -0.15) is 0 Å². The highest BCUT2D eigenvalue weighted by Gasteiger charge is 2.09. The van der Waals surface area contributed by atoms with Gasteiger partial charge in [0.15, 0.2) is 0 Å². The number of aryl methyl sites for hydroxylation is 1. The van der Waals surface area contributed by atoms with Crippen molar-refractivity contribution in [1.29, 1.82) is 0 Å². The van der Waals surface area contributed by atoms with Gasteiger partial charge >= 0.3 is 0 Å². The number of nitrogen functional groups attached to an aromatic ring is 1. The molecule has 2 aromatic carbocycles. The van der Waals surface area contributed by atoms with Crippen molar-refractivity contribution in [2.45, 2.75) is 6.92 Å². The van der Waals surface area contributed by atoms with Crippen molar-refractivity contribution in [3.63, 3.8) is 0 Å². The molecule has 0 saturated heterocycles. The minimum atomic E-state index is -0.122. The number of carbonyl (C=O) groups is 1. The number of benzene rings is 2. The highest BCUT2D eigenvalue weighted by Crippen LogP contribution is 2.19. The molecule has 0 bridgehead atoms. The predicted octanol–water partition coefficient (Wildman–Crippen LogP) is 3.43. The van der Waals surface area contributed by atoms with Crippen LogP contribution >= 0.6 is 22.6 Å². The van der Waals surface area contributed by atoms with Crippen LogP contribution in [-0.4, -0.2) is 5.91 Å². The molecule has 0 radical (unpaired) electrons. The highest BCUT2D eigenvalue weighted by atomic mass is 127. The molecule has 4 heteroatoms. The second-order valence-corrected chi connectivity index (χ2v) is 5.17. The minimum absolute atomic E-state index is 0.122. The number of nitrogens with two attached hydrogens (primary N) is 1. The molecule has 0 aliphatic rings. The van der Waals surface area contributed by atoms with Crippen LogP contribution in [0.5, 0.6) is 0 Å². The molecule has 92 valence electrons. The van der Waals surface area contributed by atoms with Gasteiger partial charge in [-0.05, 0) is 59.3 Å². The summed E-state index contributed by atoms with van der Waals surface area (Å²) in [6.07, 6.45) is 0. The summed E-state index contributed by atoms with van der Waals surface area (Å²) in [5.41, 5.74) is 8.87. The third kappa shape index (κ3) is 2.81. The summed E-state index contributed by atoms with van der Waals surface area (Å²) in [6, 6.07) is 13.0. The number of carbonyl (C=O) groups excluding carboxylic acids is 1. The van der Waals surface area contributed by atoms with E-state index in [-0.39, 0.29) is 5.91 Å². The van der Waals surface area contributed by atoms with Crippen molar-refractivity contribution in [3.8, 4) is 0 Å². The molecule has 0 saturated carbocycles. The van der Waals surface area contributed by atoms with Crippen LogP contribution < -0.4 is 11.1 Å². The standard InChI is InChI=1S/C14H13IN2O/c1-9-6-7-10(8-13(9)16)17-14(18)11-4-2-3-5-12(11)15/h2-8H,16H2,1H3,(H,17,18). The van der Waals surface area contributed by atoms with Gasteiger partial charge in [-0.3, -0.25) is 4.79 Å². The van der Waals surface area contributed by atoms with Gasteiger partial charge in [0.2, 0.25) is 0 Å². The van der Waals surface area contributed by atoms with Crippen LogP contribution in [0, 0.1) is 10.5 Å². The van der Waals surface area contributed by atoms with Gasteiger partial charge < -0.3 is 11.1 Å². The maximum absolute atomic E-state index is 12.1. The third-order valence-electron chi connectivity index (χ3n) is 2.66. The zero-order chi connectivity index (χ0) is 13.1. The molecule has 0 heterocycles. The van der Waals surface area contributed by atoms with E-state index in [2.05, 4.69) is 27.9 Å². The van der Waals surface area contributed by atoms with Gasteiger partial charge in [0.25, 0.3) is 5.91 Å². The summed E-state index contributed by atoms with van der Waals surface area (Å²) >= 11 is 2.14. The topological polar surface area (TPSA) is 55.1 Å². The molecule has 2 rings (SSSR count). The van der Waals surface area contributed by atoms with Crippen molar-refractivity contribution in [2.75, 3.05) is 11.1 Å². The van der Waals surface area contributed by atoms with Crippen LogP contribution in [0.25, 0.3) is 0 Å². The van der Waals surface area contributed by atoms with Crippen LogP contribution in [0.3, 0.4) is 0 Å². The van der Waals surface area contributed by atoms with Crippen LogP contribution in [0.15, 0.2) is 42.5 Å². The lowest BCUT2D eigenvalue weighted by Gasteiger charge is -2.08. The number of hydrogen-bond acceptors (Lipinski definition) is 2. The number of amides is 1. The van der Waals surface area contributed by atoms with E-state index in [9.17, 15) is 4.79 Å². The number of anilines is 2. The Morgan fingerprint density at radius 1 is 1.22 bits per heavy atom. The minimum Gasteiger partial charge on any atom is -0.398 e. The van der Waals surface area contributed by atoms with Crippen LogP contribution in [0.4, 0.5) is 11.4 Å². The van der Waals surface area contributed by atoms with E-state index in [1.165, 1.54) is 0 Å². The van der Waals surface area contributed by atoms with E-state index in [0.29, 0.717) is 16.9 Å². The molecule has 0 atom stereocenters. The molecule has 0 aliphatic carbocycles. The van der Waals surface area contributed by atoms with Crippen LogP contribution in [0.1, 0.15) is 15.9 Å². The molecule has 0 spiro atoms. The van der Waals surface area contributed by atoms with E-state index in [1.54, 1.807) is 12.1 Å². The zero-order valence-corrected chi connectivity index (χ0v) is 12.1. The number of halogens is 1. The third-order valence-corrected chi connectivity index (χ3v) is 3.60. The van der Waals surface area contributed by atoms with Crippen molar-refractivity contribution in [2.24, 2.45) is 0 Å². The van der Waals surface area contributed by atoms with E-state index in [1.807, 2.05) is 37.3 Å². The SMILES string of the molecule is Cc1ccc(NC(=O)c2ccccc2I)cc1N. The van der Waals surface area contributed by atoms with Crippen molar-refractivity contribution in [3.05, 3.63) is 57.2 Å². The molecule has 2 aromatic rings. The summed E-state index contributed by atoms with van der Waals surface area (Å²) in [5, 5.41) is 2.84. The maximum atomic E-state index is 12.1. The molecule has 3 nitrogen and oxygen atoms in total. The van der Waals surface area contributed by atoms with E-state index in [0.717, 1.165) is 9.13 Å². The molecular formula is C14H13IN2O. The Bertz CT molecular complexity index is 596. The first kappa shape index (κ1) is 12.9. The Morgan fingerprint density at radius 2 is 1.94 bits per heavy atom. The number of nitrogens with one attached hydrogen (secondary N) is 1. The first-order chi connectivity index (χ1) is 8.58. The molecule has 3 N–H and O–H groups in total. The van der Waals surface area contributed by atoms with E-state index in [4.69, 9.17) is 5.73 Å². The summed E-state index contributed by atoms with van der Waals surface area (Å²) in [4.78, 5) is 12.1. The second kappa shape index (κ2) is 5.39. The monoisotopic (exact) mass is 352 g/mol. The summed E-state index contributed by atoms with van der Waals surface area (Å²) < 4.78 is 0.924. The molecule has 1 amide bonds. The predicted molar refractivity (Wildman–Crippen MR) is 82.7 cm³/mol.